The summed E-state index contributed by atoms with van der Waals surface area (Å²) in [4.78, 5) is 8.84. The van der Waals surface area contributed by atoms with E-state index in [2.05, 4.69) is 29.0 Å². The Morgan fingerprint density at radius 1 is 0.926 bits per heavy atom. The molecule has 0 saturated heterocycles. The van der Waals surface area contributed by atoms with Gasteiger partial charge in [0.05, 0.1) is 25.2 Å². The van der Waals surface area contributed by atoms with E-state index in [9.17, 15) is 4.39 Å². The number of aryl methyl sites for hydroxylation is 1. The molecular formula is C23H33FN2O. The molecule has 1 atom stereocenters. The average Bonchev–Trinajstić information content (AvgIpc) is 2.68. The van der Waals surface area contributed by atoms with Crippen LogP contribution in [0, 0.1) is 0 Å². The summed E-state index contributed by atoms with van der Waals surface area (Å²) in [6.07, 6.45) is 12.7. The lowest BCUT2D eigenvalue weighted by atomic mass is 10.0. The van der Waals surface area contributed by atoms with Gasteiger partial charge in [-0.2, -0.15) is 0 Å². The predicted molar refractivity (Wildman–Crippen MR) is 110 cm³/mol. The van der Waals surface area contributed by atoms with E-state index >= 15 is 0 Å². The van der Waals surface area contributed by atoms with Gasteiger partial charge in [0, 0.05) is 5.56 Å². The van der Waals surface area contributed by atoms with Crippen LogP contribution in [0.1, 0.15) is 70.8 Å². The standard InChI is InChI=1S/C23H33FN2O/c1-3-4-5-6-7-8-16-27-22-17-25-23(26-18-22)21-14-12-20(13-15-21)11-9-10-19(2)24/h12-15,17-19H,3-11,16H2,1-2H3. The van der Waals surface area contributed by atoms with Crippen LogP contribution in [0.25, 0.3) is 11.4 Å². The summed E-state index contributed by atoms with van der Waals surface area (Å²) >= 11 is 0. The first-order valence-electron chi connectivity index (χ1n) is 10.4. The Bertz CT molecular complexity index is 626. The van der Waals surface area contributed by atoms with Gasteiger partial charge in [-0.1, -0.05) is 63.3 Å². The number of benzene rings is 1. The largest absolute Gasteiger partial charge is 0.490 e. The number of aromatic nitrogens is 2. The van der Waals surface area contributed by atoms with Crippen molar-refractivity contribution >= 4 is 0 Å². The van der Waals surface area contributed by atoms with Gasteiger partial charge in [-0.15, -0.1) is 0 Å². The Labute approximate surface area is 163 Å². The maximum Gasteiger partial charge on any atom is 0.159 e. The predicted octanol–water partition coefficient (Wildman–Crippen LogP) is 6.56. The third-order valence-corrected chi connectivity index (χ3v) is 4.67. The number of hydrogen-bond acceptors (Lipinski definition) is 3. The molecule has 4 heteroatoms. The molecule has 0 radical (unpaired) electrons. The number of rotatable bonds is 13. The summed E-state index contributed by atoms with van der Waals surface area (Å²) < 4.78 is 18.6. The lowest BCUT2D eigenvalue weighted by Gasteiger charge is -2.07. The number of nitrogens with zero attached hydrogens (tertiary/aromatic N) is 2. The number of hydrogen-bond donors (Lipinski definition) is 0. The molecule has 0 fully saturated rings. The van der Waals surface area contributed by atoms with Crippen molar-refractivity contribution in [3.05, 3.63) is 42.2 Å². The van der Waals surface area contributed by atoms with E-state index in [4.69, 9.17) is 4.74 Å². The Morgan fingerprint density at radius 3 is 2.26 bits per heavy atom. The second-order valence-corrected chi connectivity index (χ2v) is 7.23. The molecule has 148 valence electrons. The molecule has 1 heterocycles. The fourth-order valence-electron chi connectivity index (χ4n) is 3.02. The van der Waals surface area contributed by atoms with Gasteiger partial charge < -0.3 is 4.74 Å². The average molecular weight is 373 g/mol. The van der Waals surface area contributed by atoms with Crippen molar-refractivity contribution in [3.8, 4) is 17.1 Å². The maximum atomic E-state index is 12.9. The Hall–Kier alpha value is -1.97. The molecule has 1 unspecified atom stereocenters. The van der Waals surface area contributed by atoms with E-state index in [1.54, 1.807) is 19.3 Å². The topological polar surface area (TPSA) is 35.0 Å². The Balaban J connectivity index is 1.74. The normalized spacial score (nSPS) is 12.1. The molecule has 1 aromatic carbocycles. The third-order valence-electron chi connectivity index (χ3n) is 4.67. The van der Waals surface area contributed by atoms with Crippen molar-refractivity contribution in [1.29, 1.82) is 0 Å². The number of alkyl halides is 1. The fourth-order valence-corrected chi connectivity index (χ4v) is 3.02. The SMILES string of the molecule is CCCCCCCCOc1cnc(-c2ccc(CCCC(C)F)cc2)nc1. The van der Waals surface area contributed by atoms with Crippen LogP contribution in [0.3, 0.4) is 0 Å². The van der Waals surface area contributed by atoms with Crippen molar-refractivity contribution in [1.82, 2.24) is 9.97 Å². The first-order chi connectivity index (χ1) is 13.2. The minimum Gasteiger partial charge on any atom is -0.490 e. The van der Waals surface area contributed by atoms with Crippen LogP contribution in [0.5, 0.6) is 5.75 Å². The van der Waals surface area contributed by atoms with Crippen molar-refractivity contribution in [2.24, 2.45) is 0 Å². The second-order valence-electron chi connectivity index (χ2n) is 7.23. The van der Waals surface area contributed by atoms with Crippen LogP contribution in [0.2, 0.25) is 0 Å². The summed E-state index contributed by atoms with van der Waals surface area (Å²) in [5.74, 6) is 1.43. The summed E-state index contributed by atoms with van der Waals surface area (Å²) in [6.45, 7) is 4.57. The van der Waals surface area contributed by atoms with Crippen molar-refractivity contribution < 1.29 is 9.13 Å². The monoisotopic (exact) mass is 372 g/mol. The highest BCUT2D eigenvalue weighted by Crippen LogP contribution is 2.19. The number of halogens is 1. The van der Waals surface area contributed by atoms with Crippen molar-refractivity contribution in [3.63, 3.8) is 0 Å². The van der Waals surface area contributed by atoms with E-state index in [1.807, 2.05) is 12.1 Å². The molecule has 2 aromatic rings. The minimum absolute atomic E-state index is 0.616. The van der Waals surface area contributed by atoms with E-state index in [-0.39, 0.29) is 0 Å². The van der Waals surface area contributed by atoms with Gasteiger partial charge in [0.25, 0.3) is 0 Å². The number of ether oxygens (including phenoxy) is 1. The third kappa shape index (κ3) is 8.51. The Morgan fingerprint density at radius 2 is 1.59 bits per heavy atom. The molecule has 0 N–H and O–H groups in total. The summed E-state index contributed by atoms with van der Waals surface area (Å²) in [7, 11) is 0. The highest BCUT2D eigenvalue weighted by atomic mass is 19.1. The molecule has 27 heavy (non-hydrogen) atoms. The zero-order valence-electron chi connectivity index (χ0n) is 16.8. The van der Waals surface area contributed by atoms with Gasteiger partial charge in [0.15, 0.2) is 11.6 Å². The first-order valence-corrected chi connectivity index (χ1v) is 10.4. The van der Waals surface area contributed by atoms with Crippen LogP contribution >= 0.6 is 0 Å². The van der Waals surface area contributed by atoms with Crippen LogP contribution < -0.4 is 4.74 Å². The molecule has 2 rings (SSSR count). The molecular weight excluding hydrogens is 339 g/mol. The van der Waals surface area contributed by atoms with Crippen LogP contribution in [-0.4, -0.2) is 22.7 Å². The van der Waals surface area contributed by atoms with Gasteiger partial charge >= 0.3 is 0 Å². The summed E-state index contributed by atoms with van der Waals surface area (Å²) in [5.41, 5.74) is 2.21. The highest BCUT2D eigenvalue weighted by Gasteiger charge is 2.04. The summed E-state index contributed by atoms with van der Waals surface area (Å²) in [6, 6.07) is 8.20. The van der Waals surface area contributed by atoms with E-state index in [0.29, 0.717) is 12.2 Å². The van der Waals surface area contributed by atoms with Gasteiger partial charge in [-0.25, -0.2) is 14.4 Å². The van der Waals surface area contributed by atoms with Gasteiger partial charge in [0.2, 0.25) is 0 Å². The van der Waals surface area contributed by atoms with Crippen molar-refractivity contribution in [2.45, 2.75) is 77.8 Å². The van der Waals surface area contributed by atoms with E-state index < -0.39 is 6.17 Å². The minimum atomic E-state index is -0.723. The smallest absolute Gasteiger partial charge is 0.159 e. The number of unbranched alkanes of at least 4 members (excludes halogenated alkanes) is 5. The highest BCUT2D eigenvalue weighted by molar-refractivity contribution is 5.55. The van der Waals surface area contributed by atoms with E-state index in [0.717, 1.165) is 37.2 Å². The summed E-state index contributed by atoms with van der Waals surface area (Å²) in [5, 5.41) is 0. The molecule has 0 spiro atoms. The maximum absolute atomic E-state index is 12.9. The molecule has 0 aliphatic heterocycles. The molecule has 0 amide bonds. The fraction of sp³-hybridized carbons (Fsp3) is 0.565. The van der Waals surface area contributed by atoms with Crippen LogP contribution in [-0.2, 0) is 6.42 Å². The molecule has 1 aromatic heterocycles. The lowest BCUT2D eigenvalue weighted by molar-refractivity contribution is 0.302. The Kier molecular flexibility index (Phi) is 9.81. The zero-order chi connectivity index (χ0) is 19.3. The van der Waals surface area contributed by atoms with Gasteiger partial charge in [-0.3, -0.25) is 0 Å². The van der Waals surface area contributed by atoms with Crippen LogP contribution in [0.4, 0.5) is 4.39 Å². The van der Waals surface area contributed by atoms with Gasteiger partial charge in [0.1, 0.15) is 0 Å². The van der Waals surface area contributed by atoms with Crippen LogP contribution in [0.15, 0.2) is 36.7 Å². The van der Waals surface area contributed by atoms with Crippen molar-refractivity contribution in [2.75, 3.05) is 6.61 Å². The molecule has 3 nitrogen and oxygen atoms in total. The molecule has 0 aliphatic rings. The quantitative estimate of drug-likeness (QED) is 0.373. The lowest BCUT2D eigenvalue weighted by Crippen LogP contribution is -1.99. The van der Waals surface area contributed by atoms with E-state index in [1.165, 1.54) is 37.7 Å². The second kappa shape index (κ2) is 12.4. The molecule has 0 aliphatic carbocycles. The zero-order valence-corrected chi connectivity index (χ0v) is 16.8. The molecule has 0 bridgehead atoms. The van der Waals surface area contributed by atoms with Gasteiger partial charge in [-0.05, 0) is 38.2 Å². The first kappa shape index (κ1) is 21.3. The molecule has 0 saturated carbocycles.